The number of anilines is 1. The summed E-state index contributed by atoms with van der Waals surface area (Å²) in [5.41, 5.74) is 0. The number of ether oxygens (including phenoxy) is 1. The van der Waals surface area contributed by atoms with Gasteiger partial charge in [-0.05, 0) is 0 Å². The van der Waals surface area contributed by atoms with Crippen LogP contribution >= 0.6 is 11.6 Å². The number of halogens is 1. The third kappa shape index (κ3) is 1.65. The molecule has 1 aliphatic heterocycles. The van der Waals surface area contributed by atoms with Crippen LogP contribution in [0.3, 0.4) is 0 Å². The maximum atomic E-state index is 5.62. The van der Waals surface area contributed by atoms with Crippen LogP contribution in [0.15, 0.2) is 12.4 Å². The first-order valence-corrected chi connectivity index (χ1v) is 4.04. The zero-order chi connectivity index (χ0) is 8.39. The van der Waals surface area contributed by atoms with Gasteiger partial charge in [-0.25, -0.2) is 9.97 Å². The van der Waals surface area contributed by atoms with Gasteiger partial charge >= 0.3 is 0 Å². The van der Waals surface area contributed by atoms with Crippen LogP contribution in [0.25, 0.3) is 0 Å². The summed E-state index contributed by atoms with van der Waals surface area (Å²) in [6.07, 6.45) is 3.13. The largest absolute Gasteiger partial charge is 0.377 e. The maximum absolute atomic E-state index is 5.62. The maximum Gasteiger partial charge on any atom is 0.223 e. The van der Waals surface area contributed by atoms with Gasteiger partial charge in [-0.1, -0.05) is 11.6 Å². The molecular weight excluding hydrogens is 178 g/mol. The topological polar surface area (TPSA) is 47.0 Å². The highest BCUT2D eigenvalue weighted by Gasteiger charge is 2.18. The van der Waals surface area contributed by atoms with Crippen molar-refractivity contribution in [1.29, 1.82) is 0 Å². The summed E-state index contributed by atoms with van der Waals surface area (Å²) in [6, 6.07) is 0.353. The Bertz CT molecular complexity index is 260. The summed E-state index contributed by atoms with van der Waals surface area (Å²) in [7, 11) is 0. The molecule has 1 aromatic heterocycles. The van der Waals surface area contributed by atoms with Crippen molar-refractivity contribution >= 4 is 17.5 Å². The van der Waals surface area contributed by atoms with Crippen molar-refractivity contribution in [2.24, 2.45) is 0 Å². The fraction of sp³-hybridized carbons (Fsp3) is 0.429. The van der Waals surface area contributed by atoms with Crippen LogP contribution in [0.2, 0.25) is 5.02 Å². The number of hydrogen-bond donors (Lipinski definition) is 1. The third-order valence-corrected chi connectivity index (χ3v) is 1.79. The lowest BCUT2D eigenvalue weighted by Gasteiger charge is -2.26. The van der Waals surface area contributed by atoms with E-state index < -0.39 is 0 Å². The molecule has 1 saturated heterocycles. The Labute approximate surface area is 74.9 Å². The molecule has 0 aromatic carbocycles. The lowest BCUT2D eigenvalue weighted by Crippen LogP contribution is -2.40. The number of hydrogen-bond acceptors (Lipinski definition) is 4. The number of nitrogens with one attached hydrogen (secondary N) is 1. The van der Waals surface area contributed by atoms with Crippen molar-refractivity contribution in [2.45, 2.75) is 6.04 Å². The lowest BCUT2D eigenvalue weighted by atomic mass is 10.3. The first kappa shape index (κ1) is 7.76. The fourth-order valence-electron chi connectivity index (χ4n) is 0.888. The molecule has 0 spiro atoms. The third-order valence-electron chi connectivity index (χ3n) is 1.59. The molecule has 1 aliphatic rings. The highest BCUT2D eigenvalue weighted by Crippen LogP contribution is 2.09. The molecule has 12 heavy (non-hydrogen) atoms. The molecular formula is C7H8ClN3O. The van der Waals surface area contributed by atoms with Crippen molar-refractivity contribution < 1.29 is 4.74 Å². The van der Waals surface area contributed by atoms with Crippen LogP contribution < -0.4 is 5.32 Å². The van der Waals surface area contributed by atoms with Gasteiger partial charge in [-0.2, -0.15) is 0 Å². The predicted molar refractivity (Wildman–Crippen MR) is 45.3 cm³/mol. The van der Waals surface area contributed by atoms with E-state index in [4.69, 9.17) is 16.3 Å². The Morgan fingerprint density at radius 2 is 2.08 bits per heavy atom. The number of aromatic nitrogens is 2. The monoisotopic (exact) mass is 185 g/mol. The number of rotatable bonds is 2. The van der Waals surface area contributed by atoms with Crippen LogP contribution in [-0.2, 0) is 4.74 Å². The Kier molecular flexibility index (Phi) is 2.10. The van der Waals surface area contributed by atoms with Gasteiger partial charge in [-0.15, -0.1) is 0 Å². The SMILES string of the molecule is Clc1cnc(NC2COC2)nc1. The van der Waals surface area contributed by atoms with E-state index >= 15 is 0 Å². The molecule has 1 N–H and O–H groups in total. The van der Waals surface area contributed by atoms with Crippen molar-refractivity contribution in [1.82, 2.24) is 9.97 Å². The van der Waals surface area contributed by atoms with Gasteiger partial charge in [0.25, 0.3) is 0 Å². The van der Waals surface area contributed by atoms with Crippen LogP contribution in [0, 0.1) is 0 Å². The normalized spacial score (nSPS) is 17.1. The second kappa shape index (κ2) is 3.25. The minimum absolute atomic E-state index is 0.353. The van der Waals surface area contributed by atoms with E-state index in [1.807, 2.05) is 0 Å². The molecule has 2 heterocycles. The average molecular weight is 186 g/mol. The molecule has 5 heteroatoms. The zero-order valence-corrected chi connectivity index (χ0v) is 7.08. The molecule has 0 unspecified atom stereocenters. The lowest BCUT2D eigenvalue weighted by molar-refractivity contribution is 0.0208. The molecule has 1 aromatic rings. The van der Waals surface area contributed by atoms with Crippen LogP contribution in [0.1, 0.15) is 0 Å². The van der Waals surface area contributed by atoms with Gasteiger partial charge in [0.1, 0.15) is 0 Å². The van der Waals surface area contributed by atoms with Gasteiger partial charge in [0.2, 0.25) is 5.95 Å². The summed E-state index contributed by atoms with van der Waals surface area (Å²) in [4.78, 5) is 7.98. The number of nitrogens with zero attached hydrogens (tertiary/aromatic N) is 2. The predicted octanol–water partition coefficient (Wildman–Crippen LogP) is 0.941. The Morgan fingerprint density at radius 3 is 2.58 bits per heavy atom. The molecule has 0 saturated carbocycles. The molecule has 64 valence electrons. The van der Waals surface area contributed by atoms with Gasteiger partial charge in [0.05, 0.1) is 36.7 Å². The van der Waals surface area contributed by atoms with Crippen LogP contribution in [0.5, 0.6) is 0 Å². The Morgan fingerprint density at radius 1 is 1.42 bits per heavy atom. The summed E-state index contributed by atoms with van der Waals surface area (Å²) in [5.74, 6) is 0.604. The van der Waals surface area contributed by atoms with E-state index in [1.54, 1.807) is 12.4 Å². The molecule has 0 radical (unpaired) electrons. The second-order valence-electron chi connectivity index (χ2n) is 2.60. The van der Waals surface area contributed by atoms with E-state index in [-0.39, 0.29) is 0 Å². The van der Waals surface area contributed by atoms with Crippen molar-refractivity contribution in [3.05, 3.63) is 17.4 Å². The minimum atomic E-state index is 0.353. The molecule has 4 nitrogen and oxygen atoms in total. The van der Waals surface area contributed by atoms with E-state index in [0.29, 0.717) is 17.0 Å². The van der Waals surface area contributed by atoms with E-state index in [1.165, 1.54) is 0 Å². The molecule has 1 fully saturated rings. The molecule has 2 rings (SSSR count). The quantitative estimate of drug-likeness (QED) is 0.745. The highest BCUT2D eigenvalue weighted by atomic mass is 35.5. The molecule has 0 aliphatic carbocycles. The first-order chi connectivity index (χ1) is 5.84. The van der Waals surface area contributed by atoms with Crippen molar-refractivity contribution in [2.75, 3.05) is 18.5 Å². The summed E-state index contributed by atoms with van der Waals surface area (Å²) < 4.78 is 4.99. The second-order valence-corrected chi connectivity index (χ2v) is 3.04. The summed E-state index contributed by atoms with van der Waals surface area (Å²) in [5, 5.41) is 3.65. The van der Waals surface area contributed by atoms with E-state index in [2.05, 4.69) is 15.3 Å². The van der Waals surface area contributed by atoms with E-state index in [0.717, 1.165) is 13.2 Å². The Hall–Kier alpha value is -0.870. The smallest absolute Gasteiger partial charge is 0.223 e. The van der Waals surface area contributed by atoms with Crippen LogP contribution in [-0.4, -0.2) is 29.2 Å². The average Bonchev–Trinajstić information content (AvgIpc) is 2.00. The molecule has 0 amide bonds. The standard InChI is InChI=1S/C7H8ClN3O/c8-5-1-9-7(10-2-5)11-6-3-12-4-6/h1-2,6H,3-4H2,(H,9,10,11). The zero-order valence-electron chi connectivity index (χ0n) is 6.33. The van der Waals surface area contributed by atoms with Crippen molar-refractivity contribution in [3.8, 4) is 0 Å². The summed E-state index contributed by atoms with van der Waals surface area (Å²) >= 11 is 5.62. The van der Waals surface area contributed by atoms with Crippen LogP contribution in [0.4, 0.5) is 5.95 Å². The Balaban J connectivity index is 1.98. The van der Waals surface area contributed by atoms with Gasteiger partial charge in [0.15, 0.2) is 0 Å². The van der Waals surface area contributed by atoms with Gasteiger partial charge < -0.3 is 10.1 Å². The minimum Gasteiger partial charge on any atom is -0.377 e. The van der Waals surface area contributed by atoms with Gasteiger partial charge in [-0.3, -0.25) is 0 Å². The fourth-order valence-corrected chi connectivity index (χ4v) is 0.986. The van der Waals surface area contributed by atoms with E-state index in [9.17, 15) is 0 Å². The molecule has 0 atom stereocenters. The first-order valence-electron chi connectivity index (χ1n) is 3.66. The molecule has 0 bridgehead atoms. The highest BCUT2D eigenvalue weighted by molar-refractivity contribution is 6.30. The van der Waals surface area contributed by atoms with Crippen molar-refractivity contribution in [3.63, 3.8) is 0 Å². The van der Waals surface area contributed by atoms with Gasteiger partial charge in [0, 0.05) is 0 Å². The summed E-state index contributed by atoms with van der Waals surface area (Å²) in [6.45, 7) is 1.46.